The fourth-order valence-electron chi connectivity index (χ4n) is 4.72. The molecule has 2 aliphatic heterocycles. The molecule has 1 saturated heterocycles. The smallest absolute Gasteiger partial charge is 0.330 e. The predicted molar refractivity (Wildman–Crippen MR) is 145 cm³/mol. The number of aromatic nitrogens is 2. The number of aliphatic hydroxyl groups is 3. The van der Waals surface area contributed by atoms with E-state index in [-0.39, 0.29) is 0 Å². The number of carbonyl (C=O) groups excluding carboxylic acids is 2. The number of aliphatic hydroxyl groups excluding tert-OH is 3. The van der Waals surface area contributed by atoms with Crippen LogP contribution in [-0.2, 0) is 35.0 Å². The first-order valence-electron chi connectivity index (χ1n) is 13.3. The highest BCUT2D eigenvalue weighted by Crippen LogP contribution is 2.34. The number of carbonyl (C=O) groups is 2. The second-order valence-corrected chi connectivity index (χ2v) is 9.91. The topological polar surface area (TPSA) is 225 Å². The molecule has 0 saturated carbocycles. The molecular weight excluding hydrogens is 556 g/mol. The van der Waals surface area contributed by atoms with Crippen LogP contribution >= 0.6 is 0 Å². The van der Waals surface area contributed by atoms with Crippen molar-refractivity contribution in [2.75, 3.05) is 12.4 Å². The van der Waals surface area contributed by atoms with Crippen molar-refractivity contribution in [1.29, 1.82) is 0 Å². The van der Waals surface area contributed by atoms with Crippen molar-refractivity contribution in [3.8, 4) is 0 Å². The molecule has 1 fully saturated rings. The van der Waals surface area contributed by atoms with Gasteiger partial charge in [-0.05, 0) is 36.6 Å². The van der Waals surface area contributed by atoms with Gasteiger partial charge in [0.05, 0.1) is 0 Å². The monoisotopic (exact) mass is 590 g/mol. The maximum absolute atomic E-state index is 12.9. The van der Waals surface area contributed by atoms with Gasteiger partial charge >= 0.3 is 5.69 Å². The Hall–Kier alpha value is -3.86. The summed E-state index contributed by atoms with van der Waals surface area (Å²) in [6, 6.07) is 8.21. The normalized spacial score (nSPS) is 28.0. The Kier molecular flexibility index (Phi) is 9.93. The summed E-state index contributed by atoms with van der Waals surface area (Å²) in [5.74, 6) is -2.28. The predicted octanol–water partition coefficient (Wildman–Crippen LogP) is -1.38. The summed E-state index contributed by atoms with van der Waals surface area (Å²) in [6.45, 7) is 2.09. The van der Waals surface area contributed by atoms with E-state index in [0.29, 0.717) is 5.69 Å². The molecule has 2 aliphatic rings. The summed E-state index contributed by atoms with van der Waals surface area (Å²) in [5, 5.41) is 34.4. The van der Waals surface area contributed by atoms with Crippen molar-refractivity contribution in [1.82, 2.24) is 9.55 Å². The number of anilines is 1. The van der Waals surface area contributed by atoms with Gasteiger partial charge in [-0.2, -0.15) is 0 Å². The maximum Gasteiger partial charge on any atom is 0.330 e. The molecule has 0 bridgehead atoms. The number of aromatic amines is 1. The minimum atomic E-state index is -1.78. The molecule has 3 heterocycles. The van der Waals surface area contributed by atoms with Crippen LogP contribution in [-0.4, -0.2) is 86.7 Å². The van der Waals surface area contributed by atoms with E-state index in [4.69, 9.17) is 24.7 Å². The number of hydrogen-bond acceptors (Lipinski definition) is 11. The fraction of sp³-hybridized carbons (Fsp3) is 0.481. The Bertz CT molecular complexity index is 1410. The van der Waals surface area contributed by atoms with Crippen LogP contribution in [0.3, 0.4) is 0 Å². The average Bonchev–Trinajstić information content (AvgIpc) is 3.28. The number of unbranched alkanes of at least 4 members (excludes halogenated alkanes) is 1. The quantitative estimate of drug-likeness (QED) is 0.179. The third kappa shape index (κ3) is 6.78. The van der Waals surface area contributed by atoms with E-state index in [1.54, 1.807) is 12.1 Å². The van der Waals surface area contributed by atoms with Crippen LogP contribution in [0.2, 0.25) is 0 Å². The molecule has 2 amide bonds. The van der Waals surface area contributed by atoms with Crippen molar-refractivity contribution in [3.63, 3.8) is 0 Å². The van der Waals surface area contributed by atoms with Crippen LogP contribution in [0.4, 0.5) is 5.69 Å². The van der Waals surface area contributed by atoms with Gasteiger partial charge in [-0.3, -0.25) is 23.9 Å². The third-order valence-electron chi connectivity index (χ3n) is 6.95. The number of nitrogens with zero attached hydrogens (tertiary/aromatic N) is 1. The molecule has 228 valence electrons. The number of H-pyrrole nitrogens is 1. The summed E-state index contributed by atoms with van der Waals surface area (Å²) >= 11 is 0. The van der Waals surface area contributed by atoms with E-state index in [1.165, 1.54) is 7.11 Å². The minimum Gasteiger partial charge on any atom is -0.456 e. The van der Waals surface area contributed by atoms with Gasteiger partial charge in [0.2, 0.25) is 12.2 Å². The molecule has 0 aliphatic carbocycles. The fourth-order valence-corrected chi connectivity index (χ4v) is 4.72. The molecule has 0 spiro atoms. The third-order valence-corrected chi connectivity index (χ3v) is 6.95. The Labute approximate surface area is 239 Å². The van der Waals surface area contributed by atoms with E-state index in [0.717, 1.165) is 47.7 Å². The first kappa shape index (κ1) is 31.1. The summed E-state index contributed by atoms with van der Waals surface area (Å²) in [4.78, 5) is 51.2. The van der Waals surface area contributed by atoms with Crippen LogP contribution < -0.4 is 22.3 Å². The highest BCUT2D eigenvalue weighted by molar-refractivity contribution is 6.02. The Morgan fingerprint density at radius 1 is 1.14 bits per heavy atom. The largest absolute Gasteiger partial charge is 0.456 e. The average molecular weight is 591 g/mol. The first-order chi connectivity index (χ1) is 20.0. The Morgan fingerprint density at radius 2 is 1.86 bits per heavy atom. The number of nitrogens with two attached hydrogens (primary N) is 1. The number of ether oxygens (including phenoxy) is 4. The number of benzene rings is 1. The van der Waals surface area contributed by atoms with Crippen LogP contribution in [0, 0.1) is 0 Å². The molecule has 8 atom stereocenters. The molecular formula is C27H34N4O11. The molecule has 1 unspecified atom stereocenters. The first-order valence-corrected chi connectivity index (χ1v) is 13.3. The number of nitrogens with one attached hydrogen (secondary N) is 2. The molecule has 1 aromatic heterocycles. The van der Waals surface area contributed by atoms with E-state index >= 15 is 0 Å². The van der Waals surface area contributed by atoms with Crippen molar-refractivity contribution < 1.29 is 43.9 Å². The summed E-state index contributed by atoms with van der Waals surface area (Å²) in [7, 11) is 1.21. The summed E-state index contributed by atoms with van der Waals surface area (Å²) in [6.07, 6.45) is -7.58. The zero-order valence-electron chi connectivity index (χ0n) is 22.9. The Balaban J connectivity index is 1.50. The van der Waals surface area contributed by atoms with Gasteiger partial charge in [0.25, 0.3) is 11.5 Å². The lowest BCUT2D eigenvalue weighted by atomic mass is 10.0. The molecule has 2 aromatic rings. The van der Waals surface area contributed by atoms with Crippen molar-refractivity contribution in [3.05, 3.63) is 74.8 Å². The van der Waals surface area contributed by atoms with E-state index in [1.807, 2.05) is 17.1 Å². The number of methoxy groups -OCH3 is 1. The number of primary amides is 1. The second kappa shape index (κ2) is 13.4. The minimum absolute atomic E-state index is 0.399. The molecule has 15 heteroatoms. The van der Waals surface area contributed by atoms with Gasteiger partial charge < -0.3 is 45.3 Å². The van der Waals surface area contributed by atoms with E-state index in [2.05, 4.69) is 12.2 Å². The van der Waals surface area contributed by atoms with Crippen LogP contribution in [0.25, 0.3) is 0 Å². The van der Waals surface area contributed by atoms with Crippen LogP contribution in [0.15, 0.2) is 58.0 Å². The lowest BCUT2D eigenvalue weighted by Crippen LogP contribution is -2.53. The molecule has 1 aromatic carbocycles. The number of amides is 2. The van der Waals surface area contributed by atoms with Gasteiger partial charge in [0.15, 0.2) is 18.1 Å². The van der Waals surface area contributed by atoms with Crippen molar-refractivity contribution in [2.45, 2.75) is 75.3 Å². The standard InChI is InChI=1S/C27H34N4O11/c1-3-4-5-13-6-8-14(9-7-13)29-24(37)16-12-15(32)18(34)26(40-16)42-22(23(28)36)21-20(39-2)19(35)25(41-21)31-11-10-17(33)30-27(31)38/h6-12,15,18-22,25-26,32,34-35H,3-5H2,1-2H3,(H2,28,36)(H,29,37)(H,30,33,38)/t15-,18-,19+,20-,21-,22?,25+,26+/m0/s1. The van der Waals surface area contributed by atoms with Crippen molar-refractivity contribution >= 4 is 17.5 Å². The van der Waals surface area contributed by atoms with Gasteiger partial charge in [-0.25, -0.2) is 4.79 Å². The van der Waals surface area contributed by atoms with Crippen LogP contribution in [0.5, 0.6) is 0 Å². The van der Waals surface area contributed by atoms with Gasteiger partial charge in [0, 0.05) is 25.1 Å². The molecule has 0 radical (unpaired) electrons. The number of aryl methyl sites for hydroxylation is 1. The highest BCUT2D eigenvalue weighted by atomic mass is 16.7. The Morgan fingerprint density at radius 3 is 2.48 bits per heavy atom. The van der Waals surface area contributed by atoms with Crippen LogP contribution in [0.1, 0.15) is 31.6 Å². The van der Waals surface area contributed by atoms with Crippen molar-refractivity contribution in [2.24, 2.45) is 5.73 Å². The van der Waals surface area contributed by atoms with Gasteiger partial charge in [-0.15, -0.1) is 0 Å². The van der Waals surface area contributed by atoms with Gasteiger partial charge in [-0.1, -0.05) is 25.5 Å². The lowest BCUT2D eigenvalue weighted by Gasteiger charge is -2.35. The zero-order chi connectivity index (χ0) is 30.6. The number of hydrogen-bond donors (Lipinski definition) is 6. The second-order valence-electron chi connectivity index (χ2n) is 9.91. The highest BCUT2D eigenvalue weighted by Gasteiger charge is 2.52. The van der Waals surface area contributed by atoms with E-state index in [9.17, 15) is 34.5 Å². The number of rotatable bonds is 11. The van der Waals surface area contributed by atoms with E-state index < -0.39 is 78.0 Å². The summed E-state index contributed by atoms with van der Waals surface area (Å²) < 4.78 is 23.1. The molecule has 4 rings (SSSR count). The maximum atomic E-state index is 12.9. The lowest BCUT2D eigenvalue weighted by molar-refractivity contribution is -0.241. The molecule has 15 nitrogen and oxygen atoms in total. The SMILES string of the molecule is CCCCc1ccc(NC(=O)C2=C[C@H](O)[C@H](O)[C@@H](OC(C(N)=O)[C@H]3O[C@@H](n4ccc(=O)[nH]c4=O)[C@H](O)[C@@H]3OC)O2)cc1. The molecule has 42 heavy (non-hydrogen) atoms. The molecule has 7 N–H and O–H groups in total. The van der Waals surface area contributed by atoms with Gasteiger partial charge in [0.1, 0.15) is 30.5 Å². The zero-order valence-corrected chi connectivity index (χ0v) is 22.9. The summed E-state index contributed by atoms with van der Waals surface area (Å²) in [5.41, 5.74) is 5.54.